The average molecular weight is 452 g/mol. The van der Waals surface area contributed by atoms with Crippen LogP contribution in [0.5, 0.6) is 11.5 Å². The fourth-order valence-electron chi connectivity index (χ4n) is 4.43. The molecule has 0 saturated carbocycles. The number of benzene rings is 2. The van der Waals surface area contributed by atoms with Crippen molar-refractivity contribution in [3.63, 3.8) is 0 Å². The number of nitrogens with one attached hydrogen (secondary N) is 1. The summed E-state index contributed by atoms with van der Waals surface area (Å²) in [4.78, 5) is 29.8. The molecule has 2 aliphatic heterocycles. The summed E-state index contributed by atoms with van der Waals surface area (Å²) in [6, 6.07) is 13.7. The van der Waals surface area contributed by atoms with Crippen molar-refractivity contribution in [1.29, 1.82) is 0 Å². The number of piperidine rings is 1. The highest BCUT2D eigenvalue weighted by Crippen LogP contribution is 2.36. The van der Waals surface area contributed by atoms with Gasteiger partial charge in [0.15, 0.2) is 0 Å². The maximum atomic E-state index is 13.4. The van der Waals surface area contributed by atoms with E-state index in [1.165, 1.54) is 0 Å². The molecule has 0 aromatic heterocycles. The minimum atomic E-state index is -0.0742. The van der Waals surface area contributed by atoms with E-state index in [1.54, 1.807) is 7.11 Å². The lowest BCUT2D eigenvalue weighted by Crippen LogP contribution is -2.52. The summed E-state index contributed by atoms with van der Waals surface area (Å²) in [6.07, 6.45) is 2.17. The van der Waals surface area contributed by atoms with E-state index in [-0.39, 0.29) is 24.0 Å². The number of amides is 3. The van der Waals surface area contributed by atoms with E-state index < -0.39 is 0 Å². The largest absolute Gasteiger partial charge is 0.497 e. The summed E-state index contributed by atoms with van der Waals surface area (Å²) in [5.41, 5.74) is 2.96. The first kappa shape index (κ1) is 23.0. The van der Waals surface area contributed by atoms with Gasteiger partial charge in [-0.05, 0) is 61.6 Å². The molecule has 33 heavy (non-hydrogen) atoms. The third-order valence-electron chi connectivity index (χ3n) is 6.53. The van der Waals surface area contributed by atoms with Crippen LogP contribution < -0.4 is 19.7 Å². The van der Waals surface area contributed by atoms with Crippen LogP contribution in [-0.4, -0.2) is 49.7 Å². The minimum absolute atomic E-state index is 0.000640. The normalized spacial score (nSPS) is 18.3. The number of nitrogens with zero attached hydrogens (tertiary/aromatic N) is 2. The maximum Gasteiger partial charge on any atom is 0.324 e. The molecule has 0 aliphatic carbocycles. The van der Waals surface area contributed by atoms with Crippen LogP contribution in [-0.2, 0) is 11.3 Å². The molecule has 0 bridgehead atoms. The van der Waals surface area contributed by atoms with Crippen molar-refractivity contribution in [3.05, 3.63) is 53.6 Å². The van der Waals surface area contributed by atoms with Crippen LogP contribution in [0, 0.1) is 12.8 Å². The van der Waals surface area contributed by atoms with Gasteiger partial charge in [-0.3, -0.25) is 9.69 Å². The third-order valence-corrected chi connectivity index (χ3v) is 6.53. The second-order valence-electron chi connectivity index (χ2n) is 8.84. The molecule has 7 heteroatoms. The molecule has 1 fully saturated rings. The van der Waals surface area contributed by atoms with Gasteiger partial charge in [0.25, 0.3) is 0 Å². The zero-order valence-electron chi connectivity index (χ0n) is 19.7. The third kappa shape index (κ3) is 5.24. The minimum Gasteiger partial charge on any atom is -0.497 e. The monoisotopic (exact) mass is 451 g/mol. The maximum absolute atomic E-state index is 13.4. The van der Waals surface area contributed by atoms with Crippen molar-refractivity contribution in [2.45, 2.75) is 45.8 Å². The molecule has 2 aromatic carbocycles. The van der Waals surface area contributed by atoms with Crippen LogP contribution in [0.2, 0.25) is 0 Å². The molecule has 2 aromatic rings. The van der Waals surface area contributed by atoms with Crippen LogP contribution in [0.1, 0.15) is 37.3 Å². The average Bonchev–Trinajstić information content (AvgIpc) is 2.86. The molecule has 0 radical (unpaired) electrons. The number of aryl methyl sites for hydroxylation is 1. The lowest BCUT2D eigenvalue weighted by molar-refractivity contribution is -0.126. The van der Waals surface area contributed by atoms with Gasteiger partial charge in [-0.25, -0.2) is 4.79 Å². The first-order valence-electron chi connectivity index (χ1n) is 11.7. The van der Waals surface area contributed by atoms with Gasteiger partial charge in [-0.15, -0.1) is 0 Å². The Morgan fingerprint density at radius 3 is 2.52 bits per heavy atom. The molecule has 0 unspecified atom stereocenters. The van der Waals surface area contributed by atoms with Crippen molar-refractivity contribution in [2.75, 3.05) is 31.6 Å². The van der Waals surface area contributed by atoms with Crippen molar-refractivity contribution < 1.29 is 19.1 Å². The number of ether oxygens (including phenoxy) is 2. The number of fused-ring (bicyclic) bond motifs is 1. The zero-order valence-corrected chi connectivity index (χ0v) is 19.7. The highest BCUT2D eigenvalue weighted by molar-refractivity contribution is 5.94. The molecule has 7 nitrogen and oxygen atoms in total. The molecular weight excluding hydrogens is 418 g/mol. The number of anilines is 1. The number of carbonyl (C=O) groups is 2. The Hall–Kier alpha value is -3.22. The second kappa shape index (κ2) is 10.1. The van der Waals surface area contributed by atoms with E-state index in [4.69, 9.17) is 9.47 Å². The van der Waals surface area contributed by atoms with Gasteiger partial charge < -0.3 is 19.7 Å². The summed E-state index contributed by atoms with van der Waals surface area (Å²) < 4.78 is 11.2. The van der Waals surface area contributed by atoms with E-state index >= 15 is 0 Å². The fourth-order valence-corrected chi connectivity index (χ4v) is 4.43. The van der Waals surface area contributed by atoms with E-state index in [9.17, 15) is 9.59 Å². The summed E-state index contributed by atoms with van der Waals surface area (Å²) in [6.45, 7) is 6.29. The Balaban J connectivity index is 1.33. The van der Waals surface area contributed by atoms with Gasteiger partial charge in [0.1, 0.15) is 17.6 Å². The lowest BCUT2D eigenvalue weighted by atomic mass is 9.96. The molecule has 3 amide bonds. The van der Waals surface area contributed by atoms with Gasteiger partial charge in [-0.2, -0.15) is 0 Å². The van der Waals surface area contributed by atoms with Crippen molar-refractivity contribution in [2.24, 2.45) is 5.92 Å². The van der Waals surface area contributed by atoms with Gasteiger partial charge in [0.05, 0.1) is 19.3 Å². The number of urea groups is 1. The second-order valence-corrected chi connectivity index (χ2v) is 8.84. The Labute approximate surface area is 195 Å². The van der Waals surface area contributed by atoms with E-state index in [0.717, 1.165) is 34.7 Å². The predicted molar refractivity (Wildman–Crippen MR) is 128 cm³/mol. The van der Waals surface area contributed by atoms with Gasteiger partial charge in [0.2, 0.25) is 5.91 Å². The van der Waals surface area contributed by atoms with Gasteiger partial charge >= 0.3 is 6.03 Å². The van der Waals surface area contributed by atoms with Crippen LogP contribution in [0.25, 0.3) is 0 Å². The SMILES string of the molecule is CC[C@@H]1CN(C(=O)N2CCC(C(=O)NCc3ccc(OC)cc3)CC2)c2cc(C)ccc2O1. The molecule has 1 saturated heterocycles. The summed E-state index contributed by atoms with van der Waals surface area (Å²) in [5, 5.41) is 3.04. The van der Waals surface area contributed by atoms with Crippen LogP contribution >= 0.6 is 0 Å². The summed E-state index contributed by atoms with van der Waals surface area (Å²) in [7, 11) is 1.63. The highest BCUT2D eigenvalue weighted by atomic mass is 16.5. The zero-order chi connectivity index (χ0) is 23.4. The number of rotatable bonds is 5. The standard InChI is InChI=1S/C26H33N3O4/c1-4-21-17-29(23-15-18(2)5-10-24(23)33-21)26(31)28-13-11-20(12-14-28)25(30)27-16-19-6-8-22(32-3)9-7-19/h5-10,15,20-21H,4,11-14,16-17H2,1-3H3,(H,27,30)/t21-/m1/s1. The number of likely N-dealkylation sites (tertiary alicyclic amines) is 1. The molecular formula is C26H33N3O4. The molecule has 4 rings (SSSR count). The number of carbonyl (C=O) groups excluding carboxylic acids is 2. The summed E-state index contributed by atoms with van der Waals surface area (Å²) in [5.74, 6) is 1.54. The van der Waals surface area contributed by atoms with Crippen molar-refractivity contribution in [1.82, 2.24) is 10.2 Å². The van der Waals surface area contributed by atoms with Gasteiger partial charge in [0, 0.05) is 25.6 Å². The quantitative estimate of drug-likeness (QED) is 0.742. The number of methoxy groups -OCH3 is 1. The number of hydrogen-bond donors (Lipinski definition) is 1. The van der Waals surface area contributed by atoms with E-state index in [2.05, 4.69) is 12.2 Å². The summed E-state index contributed by atoms with van der Waals surface area (Å²) >= 11 is 0. The Bertz CT molecular complexity index is 984. The Morgan fingerprint density at radius 2 is 1.85 bits per heavy atom. The van der Waals surface area contributed by atoms with Crippen LogP contribution in [0.3, 0.4) is 0 Å². The van der Waals surface area contributed by atoms with Crippen molar-refractivity contribution in [3.8, 4) is 11.5 Å². The molecule has 1 atom stereocenters. The first-order chi connectivity index (χ1) is 16.0. The molecule has 1 N–H and O–H groups in total. The van der Waals surface area contributed by atoms with E-state index in [1.807, 2.05) is 59.2 Å². The molecule has 2 aliphatic rings. The molecule has 0 spiro atoms. The van der Waals surface area contributed by atoms with Gasteiger partial charge in [-0.1, -0.05) is 25.1 Å². The molecule has 176 valence electrons. The van der Waals surface area contributed by atoms with E-state index in [0.29, 0.717) is 39.0 Å². The first-order valence-corrected chi connectivity index (χ1v) is 11.7. The highest BCUT2D eigenvalue weighted by Gasteiger charge is 2.34. The van der Waals surface area contributed by atoms with Crippen LogP contribution in [0.15, 0.2) is 42.5 Å². The lowest BCUT2D eigenvalue weighted by Gasteiger charge is -2.39. The predicted octanol–water partition coefficient (Wildman–Crippen LogP) is 4.13. The smallest absolute Gasteiger partial charge is 0.324 e. The Morgan fingerprint density at radius 1 is 1.12 bits per heavy atom. The van der Waals surface area contributed by atoms with Crippen LogP contribution in [0.4, 0.5) is 10.5 Å². The molecule has 2 heterocycles. The fraction of sp³-hybridized carbons (Fsp3) is 0.462. The Kier molecular flexibility index (Phi) is 7.06. The number of hydrogen-bond acceptors (Lipinski definition) is 4. The van der Waals surface area contributed by atoms with Crippen molar-refractivity contribution >= 4 is 17.6 Å². The topological polar surface area (TPSA) is 71.1 Å².